The van der Waals surface area contributed by atoms with Crippen molar-refractivity contribution >= 4 is 28.1 Å². The molecule has 0 spiro atoms. The summed E-state index contributed by atoms with van der Waals surface area (Å²) in [4.78, 5) is 30.3. The fraction of sp³-hybridized carbons (Fsp3) is 0.533. The van der Waals surface area contributed by atoms with Crippen LogP contribution < -0.4 is 0 Å². The van der Waals surface area contributed by atoms with Gasteiger partial charge in [0.25, 0.3) is 0 Å². The largest absolute Gasteiger partial charge is 0.465 e. The summed E-state index contributed by atoms with van der Waals surface area (Å²) in [6.07, 6.45) is 6.94. The Hall–Kier alpha value is -1.69. The van der Waals surface area contributed by atoms with Gasteiger partial charge in [0.15, 0.2) is 10.7 Å². The Morgan fingerprint density at radius 2 is 2.38 bits per heavy atom. The third kappa shape index (κ3) is 2.48. The van der Waals surface area contributed by atoms with Gasteiger partial charge in [-0.25, -0.2) is 4.98 Å². The third-order valence-corrected chi connectivity index (χ3v) is 4.85. The fourth-order valence-electron chi connectivity index (χ4n) is 3.01. The maximum Gasteiger partial charge on any atom is 0.320 e. The Morgan fingerprint density at radius 3 is 3.10 bits per heavy atom. The normalized spacial score (nSPS) is 22.6. The van der Waals surface area contributed by atoms with Crippen molar-refractivity contribution in [1.29, 1.82) is 0 Å². The molecular weight excluding hydrogens is 288 g/mol. The van der Waals surface area contributed by atoms with Crippen molar-refractivity contribution in [1.82, 2.24) is 9.38 Å². The van der Waals surface area contributed by atoms with E-state index < -0.39 is 5.41 Å². The molecule has 21 heavy (non-hydrogen) atoms. The molecule has 2 heterocycles. The van der Waals surface area contributed by atoms with E-state index in [0.29, 0.717) is 25.9 Å². The number of nitrogens with zero attached hydrogens (tertiary/aromatic N) is 2. The van der Waals surface area contributed by atoms with Gasteiger partial charge >= 0.3 is 5.97 Å². The zero-order chi connectivity index (χ0) is 14.9. The monoisotopic (exact) mass is 306 g/mol. The maximum absolute atomic E-state index is 12.5. The number of esters is 1. The number of hydrogen-bond donors (Lipinski definition) is 0. The van der Waals surface area contributed by atoms with Crippen LogP contribution >= 0.6 is 11.3 Å². The van der Waals surface area contributed by atoms with E-state index in [0.717, 1.165) is 23.5 Å². The van der Waals surface area contributed by atoms with Crippen molar-refractivity contribution in [3.05, 3.63) is 23.5 Å². The van der Waals surface area contributed by atoms with Gasteiger partial charge in [-0.3, -0.25) is 14.0 Å². The average Bonchev–Trinajstić information content (AvgIpc) is 3.02. The second-order valence-corrected chi connectivity index (χ2v) is 6.31. The highest BCUT2D eigenvalue weighted by molar-refractivity contribution is 7.15. The minimum atomic E-state index is -1.03. The van der Waals surface area contributed by atoms with Crippen LogP contribution in [0.4, 0.5) is 0 Å². The first-order valence-corrected chi connectivity index (χ1v) is 8.15. The highest BCUT2D eigenvalue weighted by Crippen LogP contribution is 2.38. The van der Waals surface area contributed by atoms with Crippen LogP contribution in [0.1, 0.15) is 38.3 Å². The van der Waals surface area contributed by atoms with E-state index in [-0.39, 0.29) is 11.8 Å². The molecule has 1 aliphatic carbocycles. The first-order valence-electron chi connectivity index (χ1n) is 7.27. The van der Waals surface area contributed by atoms with Gasteiger partial charge in [-0.05, 0) is 19.8 Å². The van der Waals surface area contributed by atoms with Gasteiger partial charge in [0, 0.05) is 30.6 Å². The Morgan fingerprint density at radius 1 is 1.52 bits per heavy atom. The smallest absolute Gasteiger partial charge is 0.320 e. The number of Topliss-reactive ketones (excluding diaryl/α,β-unsaturated/α-hetero) is 1. The fourth-order valence-corrected chi connectivity index (χ4v) is 3.72. The summed E-state index contributed by atoms with van der Waals surface area (Å²) in [5.41, 5.74) is -0.247. The standard InChI is InChI=1S/C15H18N2O3S/c1-2-20-13(19)15(6-4-3-5-12(15)18)9-11-10-17-7-8-21-14(17)16-11/h7-8,10H,2-6,9H2,1H3. The highest BCUT2D eigenvalue weighted by atomic mass is 32.1. The molecule has 0 saturated heterocycles. The highest BCUT2D eigenvalue weighted by Gasteiger charge is 2.48. The summed E-state index contributed by atoms with van der Waals surface area (Å²) < 4.78 is 7.11. The summed E-state index contributed by atoms with van der Waals surface area (Å²) in [5.74, 6) is -0.380. The molecule has 5 nitrogen and oxygen atoms in total. The lowest BCUT2D eigenvalue weighted by Crippen LogP contribution is -2.44. The Balaban J connectivity index is 1.93. The van der Waals surface area contributed by atoms with Gasteiger partial charge < -0.3 is 4.74 Å². The molecule has 0 bridgehead atoms. The van der Waals surface area contributed by atoms with Crippen molar-refractivity contribution in [2.45, 2.75) is 39.0 Å². The van der Waals surface area contributed by atoms with Crippen molar-refractivity contribution in [2.24, 2.45) is 5.41 Å². The molecule has 6 heteroatoms. The lowest BCUT2D eigenvalue weighted by Gasteiger charge is -2.32. The van der Waals surface area contributed by atoms with Crippen molar-refractivity contribution in [3.8, 4) is 0 Å². The minimum absolute atomic E-state index is 0.00329. The molecule has 1 atom stereocenters. The number of carbonyl (C=O) groups excluding carboxylic acids is 2. The summed E-state index contributed by atoms with van der Waals surface area (Å²) >= 11 is 1.54. The summed E-state index contributed by atoms with van der Waals surface area (Å²) in [5, 5.41) is 1.96. The lowest BCUT2D eigenvalue weighted by molar-refractivity contribution is -0.162. The third-order valence-electron chi connectivity index (χ3n) is 4.08. The van der Waals surface area contributed by atoms with Gasteiger partial charge in [0.05, 0.1) is 12.3 Å². The van der Waals surface area contributed by atoms with Crippen molar-refractivity contribution in [2.75, 3.05) is 6.61 Å². The quantitative estimate of drug-likeness (QED) is 0.643. The Kier molecular flexibility index (Phi) is 3.80. The van der Waals surface area contributed by atoms with Crippen LogP contribution in [0.5, 0.6) is 0 Å². The Labute approximate surface area is 126 Å². The average molecular weight is 306 g/mol. The van der Waals surface area contributed by atoms with Crippen LogP contribution in [-0.4, -0.2) is 27.7 Å². The molecular formula is C15H18N2O3S. The van der Waals surface area contributed by atoms with Crippen LogP contribution in [0.15, 0.2) is 17.8 Å². The summed E-state index contributed by atoms with van der Waals surface area (Å²) in [6.45, 7) is 2.07. The molecule has 0 aliphatic heterocycles. The number of aromatic nitrogens is 2. The van der Waals surface area contributed by atoms with E-state index in [1.165, 1.54) is 11.3 Å². The Bertz CT molecular complexity index is 647. The number of ether oxygens (including phenoxy) is 1. The second kappa shape index (κ2) is 5.60. The molecule has 112 valence electrons. The van der Waals surface area contributed by atoms with E-state index in [1.54, 1.807) is 6.92 Å². The zero-order valence-electron chi connectivity index (χ0n) is 12.0. The van der Waals surface area contributed by atoms with Gasteiger partial charge in [0.1, 0.15) is 5.41 Å². The molecule has 1 unspecified atom stereocenters. The van der Waals surface area contributed by atoms with Gasteiger partial charge in [-0.1, -0.05) is 6.42 Å². The van der Waals surface area contributed by atoms with E-state index in [4.69, 9.17) is 4.74 Å². The minimum Gasteiger partial charge on any atom is -0.465 e. The second-order valence-electron chi connectivity index (χ2n) is 5.43. The summed E-state index contributed by atoms with van der Waals surface area (Å²) in [6, 6.07) is 0. The molecule has 0 radical (unpaired) electrons. The lowest BCUT2D eigenvalue weighted by atomic mass is 9.70. The van der Waals surface area contributed by atoms with Gasteiger partial charge in [-0.15, -0.1) is 11.3 Å². The van der Waals surface area contributed by atoms with Gasteiger partial charge in [0.2, 0.25) is 0 Å². The van der Waals surface area contributed by atoms with E-state index in [9.17, 15) is 9.59 Å². The first-order chi connectivity index (χ1) is 10.2. The van der Waals surface area contributed by atoms with Crippen LogP contribution in [0.3, 0.4) is 0 Å². The van der Waals surface area contributed by atoms with E-state index in [1.807, 2.05) is 22.2 Å². The van der Waals surface area contributed by atoms with Crippen LogP contribution in [-0.2, 0) is 20.7 Å². The molecule has 1 aliphatic rings. The zero-order valence-corrected chi connectivity index (χ0v) is 12.8. The van der Waals surface area contributed by atoms with E-state index in [2.05, 4.69) is 4.98 Å². The topological polar surface area (TPSA) is 60.7 Å². The molecule has 1 saturated carbocycles. The molecule has 0 aromatic carbocycles. The van der Waals surface area contributed by atoms with Crippen LogP contribution in [0.25, 0.3) is 4.96 Å². The van der Waals surface area contributed by atoms with E-state index >= 15 is 0 Å². The number of imidazole rings is 1. The van der Waals surface area contributed by atoms with Crippen molar-refractivity contribution in [3.63, 3.8) is 0 Å². The number of ketones is 1. The SMILES string of the molecule is CCOC(=O)C1(Cc2cn3ccsc3n2)CCCCC1=O. The molecule has 0 N–H and O–H groups in total. The number of hydrogen-bond acceptors (Lipinski definition) is 5. The predicted octanol–water partition coefficient (Wildman–Crippen LogP) is 2.63. The molecule has 3 rings (SSSR count). The molecule has 2 aromatic rings. The maximum atomic E-state index is 12.5. The molecule has 0 amide bonds. The molecule has 2 aromatic heterocycles. The molecule has 1 fully saturated rings. The number of rotatable bonds is 4. The van der Waals surface area contributed by atoms with Crippen LogP contribution in [0, 0.1) is 5.41 Å². The van der Waals surface area contributed by atoms with Gasteiger partial charge in [-0.2, -0.15) is 0 Å². The van der Waals surface area contributed by atoms with Crippen molar-refractivity contribution < 1.29 is 14.3 Å². The first kappa shape index (κ1) is 14.3. The van der Waals surface area contributed by atoms with Crippen LogP contribution in [0.2, 0.25) is 0 Å². The predicted molar refractivity (Wildman–Crippen MR) is 79.3 cm³/mol. The summed E-state index contributed by atoms with van der Waals surface area (Å²) in [7, 11) is 0. The number of carbonyl (C=O) groups is 2. The number of fused-ring (bicyclic) bond motifs is 1. The number of thiazole rings is 1.